The van der Waals surface area contributed by atoms with Crippen molar-refractivity contribution in [2.24, 2.45) is 11.8 Å². The summed E-state index contributed by atoms with van der Waals surface area (Å²) in [6.45, 7) is 6.35. The lowest BCUT2D eigenvalue weighted by molar-refractivity contribution is -0.157. The summed E-state index contributed by atoms with van der Waals surface area (Å²) in [4.78, 5) is 11.4. The molecule has 6 heteroatoms. The first-order valence-electron chi connectivity index (χ1n) is 6.05. The van der Waals surface area contributed by atoms with Crippen LogP contribution in [0.15, 0.2) is 0 Å². The van der Waals surface area contributed by atoms with Crippen LogP contribution < -0.4 is 0 Å². The number of Topliss-reactive ketones (excluding diaryl/α,β-unsaturated/α-hetero) is 1. The molecule has 0 amide bonds. The molecule has 0 aliphatic rings. The van der Waals surface area contributed by atoms with Gasteiger partial charge in [0.15, 0.2) is 5.78 Å². The summed E-state index contributed by atoms with van der Waals surface area (Å²) in [6.07, 6.45) is -8.29. The average Bonchev–Trinajstić information content (AvgIpc) is 2.32. The van der Waals surface area contributed by atoms with Crippen molar-refractivity contribution in [1.29, 1.82) is 0 Å². The quantitative estimate of drug-likeness (QED) is 0.389. The highest BCUT2D eigenvalue weighted by Crippen LogP contribution is 2.15. The van der Waals surface area contributed by atoms with Gasteiger partial charge in [0, 0.05) is 5.92 Å². The molecule has 0 aromatic carbocycles. The average molecular weight is 264 g/mol. The number of carbonyl (C=O) groups is 1. The fourth-order valence-corrected chi connectivity index (χ4v) is 1.49. The predicted octanol–water partition coefficient (Wildman–Crippen LogP) is -1.33. The lowest BCUT2D eigenvalue weighted by Crippen LogP contribution is -2.52. The maximum absolute atomic E-state index is 11.4. The molecule has 0 fully saturated rings. The third-order valence-electron chi connectivity index (χ3n) is 2.92. The first-order chi connectivity index (χ1) is 8.11. The van der Waals surface area contributed by atoms with E-state index in [1.54, 1.807) is 27.7 Å². The fraction of sp³-hybridized carbons (Fsp3) is 0.917. The van der Waals surface area contributed by atoms with Gasteiger partial charge in [0.1, 0.15) is 24.4 Å². The van der Waals surface area contributed by atoms with Gasteiger partial charge in [-0.1, -0.05) is 27.7 Å². The highest BCUT2D eigenvalue weighted by Gasteiger charge is 2.38. The molecule has 0 aliphatic heterocycles. The molecule has 0 aromatic heterocycles. The molecule has 18 heavy (non-hydrogen) atoms. The van der Waals surface area contributed by atoms with Gasteiger partial charge < -0.3 is 25.5 Å². The Kier molecular flexibility index (Phi) is 6.94. The Morgan fingerprint density at radius 2 is 1.11 bits per heavy atom. The van der Waals surface area contributed by atoms with Gasteiger partial charge in [-0.3, -0.25) is 4.79 Å². The van der Waals surface area contributed by atoms with E-state index in [9.17, 15) is 30.3 Å². The van der Waals surface area contributed by atoms with Gasteiger partial charge in [0.05, 0.1) is 6.10 Å². The summed E-state index contributed by atoms with van der Waals surface area (Å²) in [6, 6.07) is 0. The van der Waals surface area contributed by atoms with Crippen molar-refractivity contribution >= 4 is 5.78 Å². The minimum Gasteiger partial charge on any atom is -0.390 e. The van der Waals surface area contributed by atoms with Crippen molar-refractivity contribution in [1.82, 2.24) is 0 Å². The number of aliphatic hydroxyl groups is 5. The van der Waals surface area contributed by atoms with Gasteiger partial charge in [-0.2, -0.15) is 0 Å². The topological polar surface area (TPSA) is 118 Å². The van der Waals surface area contributed by atoms with E-state index in [1.165, 1.54) is 0 Å². The van der Waals surface area contributed by atoms with Gasteiger partial charge in [-0.05, 0) is 5.92 Å². The second-order valence-electron chi connectivity index (χ2n) is 5.21. The fourth-order valence-electron chi connectivity index (χ4n) is 1.49. The van der Waals surface area contributed by atoms with Crippen LogP contribution in [0.1, 0.15) is 27.7 Å². The standard InChI is InChI=1S/C12H24O6/c1-5(2)7(13)9(15)11(17)12(18)10(16)8(14)6(3)4/h5-7,9-13,15-18H,1-4H3/t7?,9-,10+,11-,12-/m1/s1. The third kappa shape index (κ3) is 4.29. The van der Waals surface area contributed by atoms with Gasteiger partial charge in [-0.15, -0.1) is 0 Å². The molecule has 0 rings (SSSR count). The maximum Gasteiger partial charge on any atom is 0.166 e. The molecule has 0 radical (unpaired) electrons. The molecule has 5 atom stereocenters. The smallest absolute Gasteiger partial charge is 0.166 e. The summed E-state index contributed by atoms with van der Waals surface area (Å²) in [5, 5.41) is 48.0. The van der Waals surface area contributed by atoms with E-state index in [-0.39, 0.29) is 5.92 Å². The zero-order chi connectivity index (χ0) is 14.6. The molecular formula is C12H24O6. The summed E-state index contributed by atoms with van der Waals surface area (Å²) < 4.78 is 0. The lowest BCUT2D eigenvalue weighted by atomic mass is 9.90. The van der Waals surface area contributed by atoms with Crippen LogP contribution in [0.5, 0.6) is 0 Å². The molecule has 6 nitrogen and oxygen atoms in total. The number of aliphatic hydroxyl groups excluding tert-OH is 5. The van der Waals surface area contributed by atoms with Crippen molar-refractivity contribution < 1.29 is 30.3 Å². The first-order valence-corrected chi connectivity index (χ1v) is 6.05. The predicted molar refractivity (Wildman–Crippen MR) is 64.7 cm³/mol. The molecular weight excluding hydrogens is 240 g/mol. The Morgan fingerprint density at radius 1 is 0.722 bits per heavy atom. The van der Waals surface area contributed by atoms with E-state index in [2.05, 4.69) is 0 Å². The second kappa shape index (κ2) is 7.16. The second-order valence-corrected chi connectivity index (χ2v) is 5.21. The molecule has 0 saturated carbocycles. The summed E-state index contributed by atoms with van der Waals surface area (Å²) in [7, 11) is 0. The Hall–Kier alpha value is -0.530. The van der Waals surface area contributed by atoms with E-state index in [1.807, 2.05) is 0 Å². The minimum absolute atomic E-state index is 0.334. The number of hydrogen-bond donors (Lipinski definition) is 5. The van der Waals surface area contributed by atoms with Crippen LogP contribution >= 0.6 is 0 Å². The maximum atomic E-state index is 11.4. The Morgan fingerprint density at radius 3 is 1.44 bits per heavy atom. The normalized spacial score (nSPS) is 20.6. The molecule has 0 aromatic rings. The zero-order valence-corrected chi connectivity index (χ0v) is 11.2. The monoisotopic (exact) mass is 264 g/mol. The number of rotatable bonds is 7. The van der Waals surface area contributed by atoms with Crippen LogP contribution in [-0.4, -0.2) is 61.8 Å². The highest BCUT2D eigenvalue weighted by atomic mass is 16.4. The van der Waals surface area contributed by atoms with Crippen LogP contribution in [0.25, 0.3) is 0 Å². The van der Waals surface area contributed by atoms with Gasteiger partial charge >= 0.3 is 0 Å². The van der Waals surface area contributed by atoms with Crippen LogP contribution in [0.2, 0.25) is 0 Å². The first kappa shape index (κ1) is 17.5. The van der Waals surface area contributed by atoms with Crippen LogP contribution in [-0.2, 0) is 4.79 Å². The molecule has 1 unspecified atom stereocenters. The molecule has 0 bridgehead atoms. The van der Waals surface area contributed by atoms with Crippen molar-refractivity contribution in [2.75, 3.05) is 0 Å². The molecule has 108 valence electrons. The van der Waals surface area contributed by atoms with Crippen LogP contribution in [0.3, 0.4) is 0 Å². The Labute approximate surface area is 107 Å². The van der Waals surface area contributed by atoms with Crippen LogP contribution in [0.4, 0.5) is 0 Å². The van der Waals surface area contributed by atoms with E-state index in [0.29, 0.717) is 0 Å². The summed E-state index contributed by atoms with van der Waals surface area (Å²) in [5.74, 6) is -1.47. The molecule has 5 N–H and O–H groups in total. The SMILES string of the molecule is CC(C)C(=O)[C@H](O)[C@@H](O)[C@H](O)[C@H](O)C(O)C(C)C. The zero-order valence-electron chi connectivity index (χ0n) is 11.2. The van der Waals surface area contributed by atoms with Crippen molar-refractivity contribution in [3.8, 4) is 0 Å². The molecule has 0 aliphatic carbocycles. The van der Waals surface area contributed by atoms with Crippen molar-refractivity contribution in [3.05, 3.63) is 0 Å². The Bertz CT molecular complexity index is 265. The van der Waals surface area contributed by atoms with Gasteiger partial charge in [0.2, 0.25) is 0 Å². The molecule has 0 heterocycles. The van der Waals surface area contributed by atoms with E-state index in [4.69, 9.17) is 0 Å². The summed E-state index contributed by atoms with van der Waals surface area (Å²) in [5.41, 5.74) is 0. The number of ketones is 1. The lowest BCUT2D eigenvalue weighted by Gasteiger charge is -2.30. The van der Waals surface area contributed by atoms with Crippen molar-refractivity contribution in [2.45, 2.75) is 58.2 Å². The largest absolute Gasteiger partial charge is 0.390 e. The summed E-state index contributed by atoms with van der Waals surface area (Å²) >= 11 is 0. The van der Waals surface area contributed by atoms with E-state index >= 15 is 0 Å². The number of hydrogen-bond acceptors (Lipinski definition) is 6. The number of carbonyl (C=O) groups excluding carboxylic acids is 1. The molecule has 0 saturated heterocycles. The highest BCUT2D eigenvalue weighted by molar-refractivity contribution is 5.85. The van der Waals surface area contributed by atoms with Crippen molar-refractivity contribution in [3.63, 3.8) is 0 Å². The third-order valence-corrected chi connectivity index (χ3v) is 2.92. The van der Waals surface area contributed by atoms with E-state index < -0.39 is 42.2 Å². The van der Waals surface area contributed by atoms with Crippen LogP contribution in [0, 0.1) is 11.8 Å². The Balaban J connectivity index is 4.68. The minimum atomic E-state index is -1.83. The molecule has 0 spiro atoms. The van der Waals surface area contributed by atoms with Gasteiger partial charge in [0.25, 0.3) is 0 Å². The van der Waals surface area contributed by atoms with Gasteiger partial charge in [-0.25, -0.2) is 0 Å². The van der Waals surface area contributed by atoms with E-state index in [0.717, 1.165) is 0 Å².